The first kappa shape index (κ1) is 15.9. The van der Waals surface area contributed by atoms with Gasteiger partial charge in [0.05, 0.1) is 18.4 Å². The summed E-state index contributed by atoms with van der Waals surface area (Å²) in [5.41, 5.74) is -0.582. The van der Waals surface area contributed by atoms with E-state index in [1.54, 1.807) is 14.1 Å². The van der Waals surface area contributed by atoms with E-state index in [1.807, 2.05) is 0 Å². The topological polar surface area (TPSA) is 58.6 Å². The molecular formula is C13H16F2N2O3. The number of carbonyl (C=O) groups is 2. The summed E-state index contributed by atoms with van der Waals surface area (Å²) < 4.78 is 31.7. The zero-order valence-corrected chi connectivity index (χ0v) is 11.5. The molecule has 1 aromatic carbocycles. The van der Waals surface area contributed by atoms with E-state index in [1.165, 1.54) is 11.0 Å². The number of esters is 1. The van der Waals surface area contributed by atoms with Crippen molar-refractivity contribution in [3.05, 3.63) is 29.3 Å². The van der Waals surface area contributed by atoms with Crippen LogP contribution >= 0.6 is 0 Å². The molecule has 0 atom stereocenters. The highest BCUT2D eigenvalue weighted by atomic mass is 19.2. The molecule has 0 heterocycles. The predicted molar refractivity (Wildman–Crippen MR) is 69.5 cm³/mol. The molecule has 0 spiro atoms. The summed E-state index contributed by atoms with van der Waals surface area (Å²) in [7, 11) is 4.29. The van der Waals surface area contributed by atoms with Crippen LogP contribution in [-0.2, 0) is 9.53 Å². The Bertz CT molecular complexity index is 519. The fraction of sp³-hybridized carbons (Fsp3) is 0.385. The van der Waals surface area contributed by atoms with Gasteiger partial charge in [-0.25, -0.2) is 13.6 Å². The maximum Gasteiger partial charge on any atom is 0.340 e. The molecule has 0 saturated heterocycles. The summed E-state index contributed by atoms with van der Waals surface area (Å²) in [6, 6.07) is 2.35. The predicted octanol–water partition coefficient (Wildman–Crippen LogP) is 1.64. The Balaban J connectivity index is 2.76. The van der Waals surface area contributed by atoms with Crippen molar-refractivity contribution < 1.29 is 23.1 Å². The number of halogens is 2. The quantitative estimate of drug-likeness (QED) is 0.836. The molecule has 0 aliphatic rings. The van der Waals surface area contributed by atoms with Gasteiger partial charge in [0.15, 0.2) is 11.6 Å². The van der Waals surface area contributed by atoms with E-state index in [0.717, 1.165) is 13.2 Å². The fourth-order valence-electron chi connectivity index (χ4n) is 1.48. The Morgan fingerprint density at radius 1 is 1.25 bits per heavy atom. The Labute approximate surface area is 115 Å². The molecule has 0 aliphatic carbocycles. The van der Waals surface area contributed by atoms with Crippen molar-refractivity contribution in [2.45, 2.75) is 6.42 Å². The number of ether oxygens (including phenoxy) is 1. The number of methoxy groups -OCH3 is 1. The third-order valence-electron chi connectivity index (χ3n) is 2.64. The van der Waals surface area contributed by atoms with E-state index in [9.17, 15) is 18.4 Å². The van der Waals surface area contributed by atoms with Crippen molar-refractivity contribution in [2.24, 2.45) is 0 Å². The number of nitrogens with one attached hydrogen (secondary N) is 1. The summed E-state index contributed by atoms with van der Waals surface area (Å²) in [6.45, 7) is 0.158. The van der Waals surface area contributed by atoms with Gasteiger partial charge in [0, 0.05) is 27.1 Å². The van der Waals surface area contributed by atoms with E-state index in [0.29, 0.717) is 0 Å². The molecule has 1 aromatic rings. The molecule has 0 bridgehead atoms. The summed E-state index contributed by atoms with van der Waals surface area (Å²) in [5, 5.41) is 2.61. The Hall–Kier alpha value is -2.18. The molecule has 0 fully saturated rings. The van der Waals surface area contributed by atoms with Gasteiger partial charge in [-0.3, -0.25) is 4.79 Å². The van der Waals surface area contributed by atoms with Crippen LogP contribution in [0.1, 0.15) is 16.8 Å². The first-order valence-electron chi connectivity index (χ1n) is 5.88. The van der Waals surface area contributed by atoms with Crippen molar-refractivity contribution in [1.29, 1.82) is 0 Å². The Morgan fingerprint density at radius 3 is 2.45 bits per heavy atom. The molecule has 1 N–H and O–H groups in total. The van der Waals surface area contributed by atoms with Crippen LogP contribution in [0.3, 0.4) is 0 Å². The van der Waals surface area contributed by atoms with Crippen LogP contribution < -0.4 is 5.32 Å². The molecule has 1 amide bonds. The molecule has 0 aromatic heterocycles. The molecule has 110 valence electrons. The number of nitrogens with zero attached hydrogens (tertiary/aromatic N) is 1. The maximum absolute atomic E-state index is 13.7. The highest BCUT2D eigenvalue weighted by molar-refractivity contribution is 5.90. The van der Waals surface area contributed by atoms with Gasteiger partial charge in [0.25, 0.3) is 0 Å². The largest absolute Gasteiger partial charge is 0.465 e. The number of benzene rings is 1. The SMILES string of the molecule is COC(=O)c1ccc(NCCC(=O)N(C)C)c(F)c1F. The van der Waals surface area contributed by atoms with Gasteiger partial charge in [-0.1, -0.05) is 0 Å². The highest BCUT2D eigenvalue weighted by Crippen LogP contribution is 2.21. The third-order valence-corrected chi connectivity index (χ3v) is 2.64. The molecule has 0 saturated carbocycles. The molecule has 1 rings (SSSR count). The second kappa shape index (κ2) is 6.83. The van der Waals surface area contributed by atoms with Gasteiger partial charge in [0.2, 0.25) is 5.91 Å². The lowest BCUT2D eigenvalue weighted by molar-refractivity contribution is -0.128. The van der Waals surface area contributed by atoms with Gasteiger partial charge in [0.1, 0.15) is 0 Å². The number of carbonyl (C=O) groups excluding carboxylic acids is 2. The van der Waals surface area contributed by atoms with Crippen LogP contribution in [0.15, 0.2) is 12.1 Å². The van der Waals surface area contributed by atoms with Crippen molar-refractivity contribution in [3.8, 4) is 0 Å². The molecule has 0 aliphatic heterocycles. The third kappa shape index (κ3) is 3.66. The monoisotopic (exact) mass is 286 g/mol. The van der Waals surface area contributed by atoms with Crippen molar-refractivity contribution in [3.63, 3.8) is 0 Å². The summed E-state index contributed by atoms with van der Waals surface area (Å²) in [4.78, 5) is 23.9. The van der Waals surface area contributed by atoms with E-state index in [-0.39, 0.29) is 24.6 Å². The number of hydrogen-bond acceptors (Lipinski definition) is 4. The van der Waals surface area contributed by atoms with Crippen LogP contribution in [0.2, 0.25) is 0 Å². The number of hydrogen-bond donors (Lipinski definition) is 1. The Kier molecular flexibility index (Phi) is 5.42. The summed E-state index contributed by atoms with van der Waals surface area (Å²) in [6.07, 6.45) is 0.146. The second-order valence-corrected chi connectivity index (χ2v) is 4.25. The van der Waals surface area contributed by atoms with E-state index in [4.69, 9.17) is 0 Å². The minimum Gasteiger partial charge on any atom is -0.465 e. The average Bonchev–Trinajstić information content (AvgIpc) is 2.42. The standard InChI is InChI=1S/C13H16F2N2O3/c1-17(2)10(18)6-7-16-9-5-4-8(13(19)20-3)11(14)12(9)15/h4-5,16H,6-7H2,1-3H3. The van der Waals surface area contributed by atoms with Gasteiger partial charge < -0.3 is 15.0 Å². The lowest BCUT2D eigenvalue weighted by Gasteiger charge is -2.12. The van der Waals surface area contributed by atoms with Crippen molar-refractivity contribution in [2.75, 3.05) is 33.1 Å². The number of rotatable bonds is 5. The van der Waals surface area contributed by atoms with Crippen molar-refractivity contribution >= 4 is 17.6 Å². The van der Waals surface area contributed by atoms with Crippen LogP contribution in [0.25, 0.3) is 0 Å². The minimum atomic E-state index is -1.28. The number of anilines is 1. The van der Waals surface area contributed by atoms with Crippen LogP contribution in [0.5, 0.6) is 0 Å². The highest BCUT2D eigenvalue weighted by Gasteiger charge is 2.19. The van der Waals surface area contributed by atoms with E-state index in [2.05, 4.69) is 10.1 Å². The van der Waals surface area contributed by atoms with Crippen LogP contribution in [-0.4, -0.2) is 44.5 Å². The molecule has 0 unspecified atom stereocenters. The lowest BCUT2D eigenvalue weighted by atomic mass is 10.1. The van der Waals surface area contributed by atoms with Crippen molar-refractivity contribution in [1.82, 2.24) is 4.90 Å². The smallest absolute Gasteiger partial charge is 0.340 e. The van der Waals surface area contributed by atoms with Crippen LogP contribution in [0.4, 0.5) is 14.5 Å². The minimum absolute atomic E-state index is 0.110. The normalized spacial score (nSPS) is 10.1. The molecular weight excluding hydrogens is 270 g/mol. The van der Waals surface area contributed by atoms with E-state index < -0.39 is 23.2 Å². The number of amides is 1. The molecule has 5 nitrogen and oxygen atoms in total. The van der Waals surface area contributed by atoms with Crippen LogP contribution in [0, 0.1) is 11.6 Å². The summed E-state index contributed by atoms with van der Waals surface area (Å²) >= 11 is 0. The zero-order valence-electron chi connectivity index (χ0n) is 11.5. The first-order chi connectivity index (χ1) is 9.38. The molecule has 0 radical (unpaired) electrons. The summed E-state index contributed by atoms with van der Waals surface area (Å²) in [5.74, 6) is -3.54. The maximum atomic E-state index is 13.7. The van der Waals surface area contributed by atoms with Gasteiger partial charge in [-0.2, -0.15) is 0 Å². The second-order valence-electron chi connectivity index (χ2n) is 4.25. The molecule has 20 heavy (non-hydrogen) atoms. The zero-order chi connectivity index (χ0) is 15.3. The van der Waals surface area contributed by atoms with Gasteiger partial charge in [-0.15, -0.1) is 0 Å². The van der Waals surface area contributed by atoms with Gasteiger partial charge in [-0.05, 0) is 12.1 Å². The van der Waals surface area contributed by atoms with E-state index >= 15 is 0 Å². The van der Waals surface area contributed by atoms with Gasteiger partial charge >= 0.3 is 5.97 Å². The molecule has 7 heteroatoms. The fourth-order valence-corrected chi connectivity index (χ4v) is 1.48. The lowest BCUT2D eigenvalue weighted by Crippen LogP contribution is -2.24. The Morgan fingerprint density at radius 2 is 1.90 bits per heavy atom. The average molecular weight is 286 g/mol. The first-order valence-corrected chi connectivity index (χ1v) is 5.88.